The Kier molecular flexibility index (Phi) is 5.98. The van der Waals surface area contributed by atoms with Gasteiger partial charge in [0.15, 0.2) is 11.2 Å². The number of imidazole rings is 1. The van der Waals surface area contributed by atoms with E-state index in [1.807, 2.05) is 43.1 Å². The van der Waals surface area contributed by atoms with Crippen molar-refractivity contribution in [2.24, 2.45) is 12.8 Å². The molecule has 10 heteroatoms. The normalized spacial score (nSPS) is 12.0. The minimum absolute atomic E-state index is 0.00504. The zero-order chi connectivity index (χ0) is 23.7. The number of benzene rings is 1. The van der Waals surface area contributed by atoms with Crippen molar-refractivity contribution >= 4 is 28.1 Å². The Morgan fingerprint density at radius 1 is 1.15 bits per heavy atom. The van der Waals surface area contributed by atoms with Crippen LogP contribution >= 0.6 is 0 Å². The van der Waals surface area contributed by atoms with Crippen molar-refractivity contribution in [3.05, 3.63) is 57.0 Å². The summed E-state index contributed by atoms with van der Waals surface area (Å²) in [6, 6.07) is 7.34. The molecule has 4 rings (SSSR count). The predicted octanol–water partition coefficient (Wildman–Crippen LogP) is 0.695. The summed E-state index contributed by atoms with van der Waals surface area (Å²) in [6.45, 7) is 4.40. The minimum Gasteiger partial charge on any atom is -0.344 e. The van der Waals surface area contributed by atoms with Crippen molar-refractivity contribution in [1.82, 2.24) is 28.7 Å². The first-order chi connectivity index (χ1) is 15.8. The van der Waals surface area contributed by atoms with Gasteiger partial charge in [-0.2, -0.15) is 4.98 Å². The summed E-state index contributed by atoms with van der Waals surface area (Å²) in [4.78, 5) is 42.1. The maximum absolute atomic E-state index is 13.6. The van der Waals surface area contributed by atoms with Crippen LogP contribution in [-0.2, 0) is 20.1 Å². The third-order valence-electron chi connectivity index (χ3n) is 5.35. The molecule has 10 nitrogen and oxygen atoms in total. The molecule has 0 aliphatic rings. The van der Waals surface area contributed by atoms with Crippen molar-refractivity contribution in [3.8, 4) is 11.8 Å². The van der Waals surface area contributed by atoms with Crippen LogP contribution in [0.4, 0.5) is 5.95 Å². The summed E-state index contributed by atoms with van der Waals surface area (Å²) in [6.07, 6.45) is 1.58. The molecular formula is C23H26N8O2. The van der Waals surface area contributed by atoms with E-state index in [1.165, 1.54) is 4.57 Å². The molecule has 33 heavy (non-hydrogen) atoms. The highest BCUT2D eigenvalue weighted by molar-refractivity contribution is 5.75. The van der Waals surface area contributed by atoms with Gasteiger partial charge in [0.1, 0.15) is 0 Å². The SMILES string of the molecule is CC#CCn1c(N(C)CC(C)N)nc2c1c(=O)n(Cc1cnc3ccccc3n1)c(=O)n2C. The molecular weight excluding hydrogens is 420 g/mol. The Bertz CT molecular complexity index is 1520. The number of para-hydroxylation sites is 2. The standard InChI is InChI=1S/C23H26N8O2/c1-5-6-11-30-19-20(27-22(30)28(3)13-15(2)24)29(4)23(33)31(21(19)32)14-16-12-25-17-9-7-8-10-18(17)26-16/h7-10,12,15H,11,13-14,24H2,1-4H3. The van der Waals surface area contributed by atoms with Gasteiger partial charge in [0.2, 0.25) is 5.95 Å². The second-order valence-electron chi connectivity index (χ2n) is 8.04. The van der Waals surface area contributed by atoms with Crippen LogP contribution < -0.4 is 21.9 Å². The van der Waals surface area contributed by atoms with Gasteiger partial charge in [0.25, 0.3) is 5.56 Å². The van der Waals surface area contributed by atoms with Gasteiger partial charge in [-0.15, -0.1) is 5.92 Å². The van der Waals surface area contributed by atoms with Gasteiger partial charge in [0, 0.05) is 26.7 Å². The minimum atomic E-state index is -0.477. The van der Waals surface area contributed by atoms with Gasteiger partial charge < -0.3 is 10.6 Å². The Morgan fingerprint density at radius 2 is 1.88 bits per heavy atom. The van der Waals surface area contributed by atoms with Crippen LogP contribution in [0.15, 0.2) is 40.1 Å². The zero-order valence-corrected chi connectivity index (χ0v) is 19.1. The van der Waals surface area contributed by atoms with Crippen LogP contribution in [0.3, 0.4) is 0 Å². The topological polar surface area (TPSA) is 117 Å². The Hall–Kier alpha value is -3.97. The van der Waals surface area contributed by atoms with Crippen LogP contribution in [0, 0.1) is 11.8 Å². The predicted molar refractivity (Wildman–Crippen MR) is 128 cm³/mol. The number of aromatic nitrogens is 6. The van der Waals surface area contributed by atoms with Crippen molar-refractivity contribution in [1.29, 1.82) is 0 Å². The maximum Gasteiger partial charge on any atom is 0.332 e. The van der Waals surface area contributed by atoms with Gasteiger partial charge >= 0.3 is 5.69 Å². The van der Waals surface area contributed by atoms with Crippen molar-refractivity contribution in [2.75, 3.05) is 18.5 Å². The third kappa shape index (κ3) is 4.10. The second-order valence-corrected chi connectivity index (χ2v) is 8.04. The largest absolute Gasteiger partial charge is 0.344 e. The lowest BCUT2D eigenvalue weighted by Crippen LogP contribution is -2.40. The molecule has 0 aliphatic heterocycles. The maximum atomic E-state index is 13.6. The van der Waals surface area contributed by atoms with E-state index in [2.05, 4.69) is 26.8 Å². The van der Waals surface area contributed by atoms with Crippen LogP contribution in [0.2, 0.25) is 0 Å². The summed E-state index contributed by atoms with van der Waals surface area (Å²) >= 11 is 0. The average Bonchev–Trinajstić information content (AvgIpc) is 3.18. The lowest BCUT2D eigenvalue weighted by molar-refractivity contribution is 0.644. The van der Waals surface area contributed by atoms with Crippen LogP contribution in [-0.4, -0.2) is 48.3 Å². The smallest absolute Gasteiger partial charge is 0.332 e. The fourth-order valence-corrected chi connectivity index (χ4v) is 3.85. The van der Waals surface area contributed by atoms with E-state index in [0.717, 1.165) is 10.1 Å². The lowest BCUT2D eigenvalue weighted by atomic mass is 10.3. The number of nitrogens with zero attached hydrogens (tertiary/aromatic N) is 7. The molecule has 0 amide bonds. The number of nitrogens with two attached hydrogens (primary N) is 1. The molecule has 0 aliphatic carbocycles. The van der Waals surface area contributed by atoms with E-state index >= 15 is 0 Å². The molecule has 3 aromatic heterocycles. The second kappa shape index (κ2) is 8.88. The van der Waals surface area contributed by atoms with E-state index in [9.17, 15) is 9.59 Å². The van der Waals surface area contributed by atoms with Crippen LogP contribution in [0.5, 0.6) is 0 Å². The molecule has 2 N–H and O–H groups in total. The molecule has 3 heterocycles. The summed E-state index contributed by atoms with van der Waals surface area (Å²) in [5, 5.41) is 0. The number of hydrogen-bond donors (Lipinski definition) is 1. The Balaban J connectivity index is 1.91. The van der Waals surface area contributed by atoms with Gasteiger partial charge in [0.05, 0.1) is 36.0 Å². The Morgan fingerprint density at radius 3 is 2.58 bits per heavy atom. The van der Waals surface area contributed by atoms with E-state index in [1.54, 1.807) is 24.7 Å². The molecule has 0 fully saturated rings. The molecule has 4 aromatic rings. The molecule has 1 aromatic carbocycles. The highest BCUT2D eigenvalue weighted by Crippen LogP contribution is 2.19. The summed E-state index contributed by atoms with van der Waals surface area (Å²) in [5.41, 5.74) is 7.61. The number of fused-ring (bicyclic) bond motifs is 2. The van der Waals surface area contributed by atoms with Crippen molar-refractivity contribution in [3.63, 3.8) is 0 Å². The number of anilines is 1. The third-order valence-corrected chi connectivity index (χ3v) is 5.35. The molecule has 0 saturated heterocycles. The number of hydrogen-bond acceptors (Lipinski definition) is 7. The quantitative estimate of drug-likeness (QED) is 0.433. The molecule has 0 saturated carbocycles. The zero-order valence-electron chi connectivity index (χ0n) is 19.1. The molecule has 0 spiro atoms. The van der Waals surface area contributed by atoms with Crippen molar-refractivity contribution in [2.45, 2.75) is 33.0 Å². The van der Waals surface area contributed by atoms with Crippen molar-refractivity contribution < 1.29 is 0 Å². The first-order valence-corrected chi connectivity index (χ1v) is 10.6. The number of aryl methyl sites for hydroxylation is 1. The van der Waals surface area contributed by atoms with Crippen LogP contribution in [0.1, 0.15) is 19.5 Å². The average molecular weight is 447 g/mol. The molecule has 170 valence electrons. The van der Waals surface area contributed by atoms with Crippen LogP contribution in [0.25, 0.3) is 22.2 Å². The van der Waals surface area contributed by atoms with Gasteiger partial charge in [-0.3, -0.25) is 23.5 Å². The Labute approximate surface area is 190 Å². The van der Waals surface area contributed by atoms with E-state index < -0.39 is 11.2 Å². The summed E-state index contributed by atoms with van der Waals surface area (Å²) in [5.74, 6) is 6.38. The molecule has 1 unspecified atom stereocenters. The van der Waals surface area contributed by atoms with E-state index in [4.69, 9.17) is 5.73 Å². The van der Waals surface area contributed by atoms with Gasteiger partial charge in [-0.05, 0) is 26.0 Å². The number of rotatable bonds is 6. The molecule has 0 bridgehead atoms. The lowest BCUT2D eigenvalue weighted by Gasteiger charge is -2.20. The monoisotopic (exact) mass is 446 g/mol. The fourth-order valence-electron chi connectivity index (χ4n) is 3.85. The summed E-state index contributed by atoms with van der Waals surface area (Å²) in [7, 11) is 3.45. The first kappa shape index (κ1) is 22.2. The highest BCUT2D eigenvalue weighted by Gasteiger charge is 2.22. The van der Waals surface area contributed by atoms with Gasteiger partial charge in [-0.1, -0.05) is 18.1 Å². The van der Waals surface area contributed by atoms with E-state index in [-0.39, 0.29) is 19.1 Å². The highest BCUT2D eigenvalue weighted by atomic mass is 16.2. The first-order valence-electron chi connectivity index (χ1n) is 10.6. The van der Waals surface area contributed by atoms with Gasteiger partial charge in [-0.25, -0.2) is 9.78 Å². The molecule has 0 radical (unpaired) electrons. The van der Waals surface area contributed by atoms with E-state index in [0.29, 0.717) is 34.9 Å². The number of likely N-dealkylation sites (N-methyl/N-ethyl adjacent to an activating group) is 1. The molecule has 1 atom stereocenters. The summed E-state index contributed by atoms with van der Waals surface area (Å²) < 4.78 is 4.27. The fraction of sp³-hybridized carbons (Fsp3) is 0.348.